The van der Waals surface area contributed by atoms with E-state index in [1.54, 1.807) is 18.2 Å². The molecule has 0 atom stereocenters. The third-order valence-electron chi connectivity index (χ3n) is 2.65. The maximum Gasteiger partial charge on any atom is 0.416 e. The van der Waals surface area contributed by atoms with Crippen molar-refractivity contribution in [1.29, 1.82) is 0 Å². The van der Waals surface area contributed by atoms with E-state index >= 15 is 0 Å². The number of nitrogen functional groups attached to an aromatic ring is 1. The summed E-state index contributed by atoms with van der Waals surface area (Å²) in [6.45, 7) is 0. The van der Waals surface area contributed by atoms with Gasteiger partial charge in [0.25, 0.3) is 0 Å². The van der Waals surface area contributed by atoms with E-state index < -0.39 is 23.5 Å². The average molecular weight is 337 g/mol. The van der Waals surface area contributed by atoms with Crippen LogP contribution in [-0.4, -0.2) is 0 Å². The van der Waals surface area contributed by atoms with Crippen molar-refractivity contribution in [2.75, 3.05) is 5.73 Å². The number of nitrogens with two attached hydrogens (primary N) is 1. The molecule has 0 saturated heterocycles. The molecule has 0 saturated carbocycles. The monoisotopic (exact) mass is 337 g/mol. The number of alkyl halides is 6. The summed E-state index contributed by atoms with van der Waals surface area (Å²) in [6.07, 6.45) is -9.71. The molecular formula is C14H9F6NS. The van der Waals surface area contributed by atoms with Crippen molar-refractivity contribution in [3.05, 3.63) is 53.6 Å². The van der Waals surface area contributed by atoms with Crippen molar-refractivity contribution in [2.24, 2.45) is 0 Å². The van der Waals surface area contributed by atoms with Gasteiger partial charge >= 0.3 is 12.4 Å². The van der Waals surface area contributed by atoms with Crippen molar-refractivity contribution in [2.45, 2.75) is 22.1 Å². The molecule has 0 fully saturated rings. The van der Waals surface area contributed by atoms with E-state index in [9.17, 15) is 26.3 Å². The second kappa shape index (κ2) is 5.75. The molecule has 2 rings (SSSR count). The van der Waals surface area contributed by atoms with E-state index in [0.717, 1.165) is 11.8 Å². The van der Waals surface area contributed by atoms with Crippen molar-refractivity contribution < 1.29 is 26.3 Å². The van der Waals surface area contributed by atoms with Crippen LogP contribution in [0.4, 0.5) is 32.0 Å². The van der Waals surface area contributed by atoms with Crippen LogP contribution in [0.1, 0.15) is 11.1 Å². The Morgan fingerprint density at radius 3 is 1.73 bits per heavy atom. The largest absolute Gasteiger partial charge is 0.416 e. The fourth-order valence-corrected chi connectivity index (χ4v) is 2.68. The third-order valence-corrected chi connectivity index (χ3v) is 3.62. The summed E-state index contributed by atoms with van der Waals surface area (Å²) in [6, 6.07) is 7.62. The first-order valence-electron chi connectivity index (χ1n) is 5.88. The molecule has 8 heteroatoms. The van der Waals surface area contributed by atoms with Crippen LogP contribution in [0.3, 0.4) is 0 Å². The molecule has 2 N–H and O–H groups in total. The Bertz CT molecular complexity index is 646. The minimum atomic E-state index is -4.85. The SMILES string of the molecule is Nc1cccc(Sc2cc(C(F)(F)F)cc(C(F)(F)F)c2)c1. The Labute approximate surface area is 126 Å². The smallest absolute Gasteiger partial charge is 0.399 e. The Morgan fingerprint density at radius 1 is 0.727 bits per heavy atom. The lowest BCUT2D eigenvalue weighted by atomic mass is 10.1. The fourth-order valence-electron chi connectivity index (χ4n) is 1.70. The van der Waals surface area contributed by atoms with Crippen LogP contribution in [0.5, 0.6) is 0 Å². The van der Waals surface area contributed by atoms with Crippen LogP contribution in [-0.2, 0) is 12.4 Å². The van der Waals surface area contributed by atoms with Crippen molar-refractivity contribution >= 4 is 17.4 Å². The number of hydrogen-bond donors (Lipinski definition) is 1. The van der Waals surface area contributed by atoms with Crippen LogP contribution >= 0.6 is 11.8 Å². The zero-order valence-corrected chi connectivity index (χ0v) is 11.6. The molecule has 0 aliphatic carbocycles. The molecule has 0 unspecified atom stereocenters. The lowest BCUT2D eigenvalue weighted by Crippen LogP contribution is -2.10. The van der Waals surface area contributed by atoms with Crippen LogP contribution in [0.15, 0.2) is 52.3 Å². The Hall–Kier alpha value is -1.83. The first kappa shape index (κ1) is 16.5. The van der Waals surface area contributed by atoms with Crippen LogP contribution in [0.25, 0.3) is 0 Å². The lowest BCUT2D eigenvalue weighted by molar-refractivity contribution is -0.143. The first-order chi connectivity index (χ1) is 10.1. The van der Waals surface area contributed by atoms with Crippen molar-refractivity contribution in [1.82, 2.24) is 0 Å². The van der Waals surface area contributed by atoms with E-state index in [1.165, 1.54) is 6.07 Å². The minimum Gasteiger partial charge on any atom is -0.399 e. The summed E-state index contributed by atoms with van der Waals surface area (Å²) in [5.74, 6) is 0. The van der Waals surface area contributed by atoms with E-state index in [2.05, 4.69) is 0 Å². The van der Waals surface area contributed by atoms with Gasteiger partial charge in [0.1, 0.15) is 0 Å². The van der Waals surface area contributed by atoms with Gasteiger partial charge in [0, 0.05) is 15.5 Å². The summed E-state index contributed by atoms with van der Waals surface area (Å²) in [5.41, 5.74) is 3.23. The van der Waals surface area contributed by atoms with Crippen LogP contribution < -0.4 is 5.73 Å². The van der Waals surface area contributed by atoms with Crippen molar-refractivity contribution in [3.63, 3.8) is 0 Å². The Morgan fingerprint density at radius 2 is 1.27 bits per heavy atom. The molecule has 0 bridgehead atoms. The molecule has 2 aromatic rings. The van der Waals surface area contributed by atoms with Crippen LogP contribution in [0, 0.1) is 0 Å². The fraction of sp³-hybridized carbons (Fsp3) is 0.143. The summed E-state index contributed by atoms with van der Waals surface area (Å²) >= 11 is 0.782. The molecule has 0 spiro atoms. The van der Waals surface area contributed by atoms with Gasteiger partial charge in [0.15, 0.2) is 0 Å². The number of rotatable bonds is 2. The molecule has 0 radical (unpaired) electrons. The summed E-state index contributed by atoms with van der Waals surface area (Å²) in [4.78, 5) is 0.292. The zero-order chi connectivity index (χ0) is 16.5. The summed E-state index contributed by atoms with van der Waals surface area (Å²) in [7, 11) is 0. The maximum absolute atomic E-state index is 12.7. The molecule has 0 amide bonds. The van der Waals surface area contributed by atoms with E-state index in [1.807, 2.05) is 0 Å². The summed E-state index contributed by atoms with van der Waals surface area (Å²) < 4.78 is 76.5. The van der Waals surface area contributed by atoms with Crippen LogP contribution in [0.2, 0.25) is 0 Å². The lowest BCUT2D eigenvalue weighted by Gasteiger charge is -2.14. The molecule has 0 aromatic heterocycles. The number of halogens is 6. The first-order valence-corrected chi connectivity index (χ1v) is 6.70. The summed E-state index contributed by atoms with van der Waals surface area (Å²) in [5, 5.41) is 0. The topological polar surface area (TPSA) is 26.0 Å². The Kier molecular flexibility index (Phi) is 4.32. The van der Waals surface area contributed by atoms with E-state index in [-0.39, 0.29) is 11.0 Å². The normalized spacial score (nSPS) is 12.5. The second-order valence-corrected chi connectivity index (χ2v) is 5.56. The van der Waals surface area contributed by atoms with Gasteiger partial charge in [-0.25, -0.2) is 0 Å². The van der Waals surface area contributed by atoms with Gasteiger partial charge < -0.3 is 5.73 Å². The van der Waals surface area contributed by atoms with Crippen molar-refractivity contribution in [3.8, 4) is 0 Å². The number of hydrogen-bond acceptors (Lipinski definition) is 2. The highest BCUT2D eigenvalue weighted by Gasteiger charge is 2.36. The number of anilines is 1. The molecule has 0 aliphatic rings. The van der Waals surface area contributed by atoms with Gasteiger partial charge in [-0.3, -0.25) is 0 Å². The Balaban J connectivity index is 2.46. The van der Waals surface area contributed by atoms with Gasteiger partial charge in [0.2, 0.25) is 0 Å². The van der Waals surface area contributed by atoms with E-state index in [4.69, 9.17) is 5.73 Å². The second-order valence-electron chi connectivity index (χ2n) is 4.42. The van der Waals surface area contributed by atoms with Gasteiger partial charge in [-0.1, -0.05) is 17.8 Å². The third kappa shape index (κ3) is 4.09. The molecule has 118 valence electrons. The van der Waals surface area contributed by atoms with Gasteiger partial charge in [-0.15, -0.1) is 0 Å². The number of benzene rings is 2. The molecule has 0 heterocycles. The molecule has 1 nitrogen and oxygen atoms in total. The molecule has 0 aliphatic heterocycles. The highest BCUT2D eigenvalue weighted by Crippen LogP contribution is 2.40. The molecular weight excluding hydrogens is 328 g/mol. The zero-order valence-electron chi connectivity index (χ0n) is 10.8. The molecule has 2 aromatic carbocycles. The highest BCUT2D eigenvalue weighted by molar-refractivity contribution is 7.99. The maximum atomic E-state index is 12.7. The van der Waals surface area contributed by atoms with E-state index in [0.29, 0.717) is 22.7 Å². The highest BCUT2D eigenvalue weighted by atomic mass is 32.2. The average Bonchev–Trinajstić information content (AvgIpc) is 2.36. The quantitative estimate of drug-likeness (QED) is 0.582. The van der Waals surface area contributed by atoms with Gasteiger partial charge in [-0.2, -0.15) is 26.3 Å². The standard InChI is InChI=1S/C14H9F6NS/c15-13(16,17)8-4-9(14(18,19)20)6-12(5-8)22-11-3-1-2-10(21)7-11/h1-7H,21H2. The molecule has 22 heavy (non-hydrogen) atoms. The predicted molar refractivity (Wildman–Crippen MR) is 71.4 cm³/mol. The minimum absolute atomic E-state index is 0.101. The van der Waals surface area contributed by atoms with Gasteiger partial charge in [0.05, 0.1) is 11.1 Å². The predicted octanol–water partition coefficient (Wildman–Crippen LogP) is 5.46. The van der Waals surface area contributed by atoms with Gasteiger partial charge in [-0.05, 0) is 36.4 Å².